The van der Waals surface area contributed by atoms with Crippen LogP contribution in [0.3, 0.4) is 0 Å². The maximum absolute atomic E-state index is 11.0. The third-order valence-electron chi connectivity index (χ3n) is 3.06. The highest BCUT2D eigenvalue weighted by atomic mass is 32.1. The molecule has 0 spiro atoms. The second-order valence-corrected chi connectivity index (χ2v) is 5.55. The van der Waals surface area contributed by atoms with Gasteiger partial charge in [-0.2, -0.15) is 5.26 Å². The smallest absolute Gasteiger partial charge is 0.397 e. The van der Waals surface area contributed by atoms with Gasteiger partial charge in [0.05, 0.1) is 5.69 Å². The topological polar surface area (TPSA) is 167 Å². The summed E-state index contributed by atoms with van der Waals surface area (Å²) in [5.74, 6) is 0.567. The van der Waals surface area contributed by atoms with Gasteiger partial charge in [0.1, 0.15) is 33.7 Å². The number of anilines is 2. The number of fused-ring (bicyclic) bond motifs is 1. The minimum absolute atomic E-state index is 0.0162. The molecule has 0 bridgehead atoms. The number of nitriles is 1. The molecule has 0 unspecified atom stereocenters. The highest BCUT2D eigenvalue weighted by Crippen LogP contribution is 2.45. The standard InChI is InChI=1S/C13H10N6O3S/c1-4-2-6(19-22-4)7-5(3-14)10(16)18-11-8(7)9(15)12(23-11)21-13(17)20/h2H,15H2,1H3,(H2,16,18)(H2,17,20). The fourth-order valence-corrected chi connectivity index (χ4v) is 3.14. The third-order valence-corrected chi connectivity index (χ3v) is 4.04. The van der Waals surface area contributed by atoms with Crippen molar-refractivity contribution in [2.75, 3.05) is 11.5 Å². The summed E-state index contributed by atoms with van der Waals surface area (Å²) in [5, 5.41) is 13.8. The molecular formula is C13H10N6O3S. The molecule has 0 aliphatic rings. The van der Waals surface area contributed by atoms with E-state index in [1.54, 1.807) is 13.0 Å². The van der Waals surface area contributed by atoms with E-state index in [1.165, 1.54) is 0 Å². The SMILES string of the molecule is Cc1cc(-c2c(C#N)c(N)nc3sc(OC(N)=O)c(N)c23)no1. The molecule has 0 aliphatic heterocycles. The van der Waals surface area contributed by atoms with Crippen LogP contribution in [0.1, 0.15) is 11.3 Å². The summed E-state index contributed by atoms with van der Waals surface area (Å²) in [6.45, 7) is 1.71. The maximum Gasteiger partial charge on any atom is 0.410 e. The van der Waals surface area contributed by atoms with Gasteiger partial charge in [-0.25, -0.2) is 9.78 Å². The Morgan fingerprint density at radius 1 is 1.48 bits per heavy atom. The first kappa shape index (κ1) is 14.6. The van der Waals surface area contributed by atoms with Gasteiger partial charge in [0.15, 0.2) is 0 Å². The van der Waals surface area contributed by atoms with Crippen molar-refractivity contribution in [3.8, 4) is 22.4 Å². The molecular weight excluding hydrogens is 320 g/mol. The molecule has 3 aromatic heterocycles. The van der Waals surface area contributed by atoms with Gasteiger partial charge in [-0.15, -0.1) is 0 Å². The largest absolute Gasteiger partial charge is 0.410 e. The number of nitrogen functional groups attached to an aromatic ring is 2. The molecule has 0 aromatic carbocycles. The van der Waals surface area contributed by atoms with E-state index in [2.05, 4.69) is 10.1 Å². The van der Waals surface area contributed by atoms with E-state index in [4.69, 9.17) is 26.5 Å². The maximum atomic E-state index is 11.0. The third kappa shape index (κ3) is 2.29. The summed E-state index contributed by atoms with van der Waals surface area (Å²) < 4.78 is 9.92. The summed E-state index contributed by atoms with van der Waals surface area (Å²) in [6.07, 6.45) is -1.00. The second-order valence-electron chi connectivity index (χ2n) is 4.59. The molecule has 0 atom stereocenters. The number of carbonyl (C=O) groups excluding carboxylic acids is 1. The van der Waals surface area contributed by atoms with Crippen molar-refractivity contribution in [3.05, 3.63) is 17.4 Å². The number of thiophene rings is 1. The predicted molar refractivity (Wildman–Crippen MR) is 83.6 cm³/mol. The number of primary amides is 1. The summed E-state index contributed by atoms with van der Waals surface area (Å²) in [6, 6.07) is 3.63. The minimum Gasteiger partial charge on any atom is -0.397 e. The zero-order chi connectivity index (χ0) is 16.7. The van der Waals surface area contributed by atoms with Gasteiger partial charge in [-0.1, -0.05) is 16.5 Å². The number of amides is 1. The molecule has 1 amide bonds. The monoisotopic (exact) mass is 330 g/mol. The molecule has 0 radical (unpaired) electrons. The van der Waals surface area contributed by atoms with Crippen molar-refractivity contribution in [1.82, 2.24) is 10.1 Å². The van der Waals surface area contributed by atoms with Gasteiger partial charge in [0.2, 0.25) is 5.06 Å². The average molecular weight is 330 g/mol. The quantitative estimate of drug-likeness (QED) is 0.638. The van der Waals surface area contributed by atoms with Crippen LogP contribution in [0.25, 0.3) is 21.5 Å². The molecule has 9 nitrogen and oxygen atoms in total. The lowest BCUT2D eigenvalue weighted by molar-refractivity contribution is 0.212. The fraction of sp³-hybridized carbons (Fsp3) is 0.0769. The zero-order valence-corrected chi connectivity index (χ0v) is 12.6. The van der Waals surface area contributed by atoms with E-state index in [0.29, 0.717) is 27.2 Å². The number of nitrogens with two attached hydrogens (primary N) is 3. The number of pyridine rings is 1. The Hall–Kier alpha value is -3.32. The van der Waals surface area contributed by atoms with Gasteiger partial charge >= 0.3 is 6.09 Å². The van der Waals surface area contributed by atoms with E-state index in [1.807, 2.05) is 6.07 Å². The van der Waals surface area contributed by atoms with E-state index in [0.717, 1.165) is 11.3 Å². The van der Waals surface area contributed by atoms with E-state index in [-0.39, 0.29) is 22.1 Å². The van der Waals surface area contributed by atoms with Gasteiger partial charge in [0.25, 0.3) is 0 Å². The van der Waals surface area contributed by atoms with Crippen molar-refractivity contribution in [3.63, 3.8) is 0 Å². The Morgan fingerprint density at radius 2 is 2.22 bits per heavy atom. The summed E-state index contributed by atoms with van der Waals surface area (Å²) in [4.78, 5) is 15.5. The molecule has 23 heavy (non-hydrogen) atoms. The zero-order valence-electron chi connectivity index (χ0n) is 11.8. The minimum atomic E-state index is -1.00. The Labute approximate surface area is 133 Å². The van der Waals surface area contributed by atoms with E-state index in [9.17, 15) is 10.1 Å². The molecule has 3 aromatic rings. The number of aromatic nitrogens is 2. The Balaban J connectivity index is 2.41. The van der Waals surface area contributed by atoms with Crippen LogP contribution in [0.15, 0.2) is 10.6 Å². The van der Waals surface area contributed by atoms with E-state index < -0.39 is 6.09 Å². The molecule has 0 saturated heterocycles. The van der Waals surface area contributed by atoms with Crippen molar-refractivity contribution >= 4 is 39.2 Å². The number of nitrogens with zero attached hydrogens (tertiary/aromatic N) is 3. The van der Waals surface area contributed by atoms with Crippen LogP contribution in [0.2, 0.25) is 0 Å². The van der Waals surface area contributed by atoms with Crippen LogP contribution < -0.4 is 21.9 Å². The summed E-state index contributed by atoms with van der Waals surface area (Å²) in [5.41, 5.74) is 17.9. The van der Waals surface area contributed by atoms with Crippen molar-refractivity contribution < 1.29 is 14.1 Å². The van der Waals surface area contributed by atoms with Crippen LogP contribution in [-0.2, 0) is 0 Å². The first-order chi connectivity index (χ1) is 10.9. The number of ether oxygens (including phenoxy) is 1. The first-order valence-electron chi connectivity index (χ1n) is 6.25. The van der Waals surface area contributed by atoms with Crippen LogP contribution in [0.4, 0.5) is 16.3 Å². The van der Waals surface area contributed by atoms with Gasteiger partial charge in [-0.05, 0) is 6.92 Å². The number of hydrogen-bond acceptors (Lipinski definition) is 9. The first-order valence-corrected chi connectivity index (χ1v) is 7.06. The number of hydrogen-bond donors (Lipinski definition) is 3. The number of rotatable bonds is 2. The fourth-order valence-electron chi connectivity index (χ4n) is 2.17. The summed E-state index contributed by atoms with van der Waals surface area (Å²) >= 11 is 0.994. The normalized spacial score (nSPS) is 10.6. The van der Waals surface area contributed by atoms with Crippen molar-refractivity contribution in [2.24, 2.45) is 5.73 Å². The Morgan fingerprint density at radius 3 is 2.78 bits per heavy atom. The van der Waals surface area contributed by atoms with Crippen molar-refractivity contribution in [1.29, 1.82) is 5.26 Å². The molecule has 10 heteroatoms. The van der Waals surface area contributed by atoms with Gasteiger partial charge < -0.3 is 26.5 Å². The molecule has 6 N–H and O–H groups in total. The molecule has 0 fully saturated rings. The predicted octanol–water partition coefficient (Wildman–Crippen LogP) is 1.75. The molecule has 116 valence electrons. The van der Waals surface area contributed by atoms with Crippen LogP contribution in [0, 0.1) is 18.3 Å². The number of aryl methyl sites for hydroxylation is 1. The van der Waals surface area contributed by atoms with Crippen LogP contribution >= 0.6 is 11.3 Å². The highest BCUT2D eigenvalue weighted by molar-refractivity contribution is 7.21. The lowest BCUT2D eigenvalue weighted by Crippen LogP contribution is -2.16. The lowest BCUT2D eigenvalue weighted by Gasteiger charge is -2.06. The Bertz CT molecular complexity index is 984. The van der Waals surface area contributed by atoms with Crippen LogP contribution in [0.5, 0.6) is 5.06 Å². The molecule has 0 aliphatic carbocycles. The molecule has 3 rings (SSSR count). The van der Waals surface area contributed by atoms with E-state index >= 15 is 0 Å². The van der Waals surface area contributed by atoms with Crippen molar-refractivity contribution in [2.45, 2.75) is 6.92 Å². The second kappa shape index (κ2) is 5.15. The number of carbonyl (C=O) groups is 1. The van der Waals surface area contributed by atoms with Crippen LogP contribution in [-0.4, -0.2) is 16.2 Å². The molecule has 0 saturated carbocycles. The Kier molecular flexibility index (Phi) is 3.27. The van der Waals surface area contributed by atoms with Gasteiger partial charge in [0, 0.05) is 17.0 Å². The highest BCUT2D eigenvalue weighted by Gasteiger charge is 2.24. The summed E-state index contributed by atoms with van der Waals surface area (Å²) in [7, 11) is 0. The lowest BCUT2D eigenvalue weighted by atomic mass is 10.0. The molecule has 3 heterocycles. The average Bonchev–Trinajstić information content (AvgIpc) is 3.02. The van der Waals surface area contributed by atoms with Gasteiger partial charge in [-0.3, -0.25) is 0 Å².